The third-order valence-corrected chi connectivity index (χ3v) is 9.65. The number of nitrogens with one attached hydrogen (secondary N) is 2. The highest BCUT2D eigenvalue weighted by molar-refractivity contribution is 7.92. The van der Waals surface area contributed by atoms with E-state index in [0.29, 0.717) is 36.8 Å². The normalized spacial score (nSPS) is 27.8. The number of benzene rings is 1. The van der Waals surface area contributed by atoms with Crippen molar-refractivity contribution in [3.05, 3.63) is 53.6 Å². The number of anilines is 2. The number of amides is 1. The van der Waals surface area contributed by atoms with Gasteiger partial charge < -0.3 is 20.3 Å². The minimum atomic E-state index is -3.50. The van der Waals surface area contributed by atoms with Gasteiger partial charge in [0.15, 0.2) is 0 Å². The summed E-state index contributed by atoms with van der Waals surface area (Å²) in [6.07, 6.45) is 3.15. The van der Waals surface area contributed by atoms with Gasteiger partial charge in [-0.3, -0.25) is 9.10 Å². The number of rotatable bonds is 11. The molecule has 5 rings (SSSR count). The summed E-state index contributed by atoms with van der Waals surface area (Å²) in [6, 6.07) is 14.0. The maximum atomic E-state index is 13.4. The van der Waals surface area contributed by atoms with Gasteiger partial charge in [0.25, 0.3) is 0 Å². The molecule has 6 atom stereocenters. The van der Waals surface area contributed by atoms with Crippen LogP contribution in [0.15, 0.2) is 42.5 Å². The number of fused-ring (bicyclic) bond motifs is 1. The van der Waals surface area contributed by atoms with Crippen LogP contribution in [0.4, 0.5) is 11.6 Å². The minimum absolute atomic E-state index is 0.0524. The van der Waals surface area contributed by atoms with Gasteiger partial charge in [0.2, 0.25) is 15.9 Å². The molecule has 3 fully saturated rings. The molecule has 3 aliphatic rings. The standard InChI is InChI=1S/C28H39N5O4S/c1-18-24-25(18)27(24)33(13-14-37-3)23-16-19(15-22(31-23)32(2)38(4,35)36)17-30-28(34)26-21(11-8-12-29-26)20-9-6-5-7-10-20/h5-7,9-10,15-16,18,21,24-27,29H,8,11-14,17H2,1-4H3,(H,30,34)/t18?,21-,24-,25?,26+,27?/m0/s1. The van der Waals surface area contributed by atoms with Crippen LogP contribution in [0.25, 0.3) is 0 Å². The fourth-order valence-electron chi connectivity index (χ4n) is 6.02. The van der Waals surface area contributed by atoms with E-state index in [-0.39, 0.29) is 24.4 Å². The van der Waals surface area contributed by atoms with Gasteiger partial charge in [-0.05, 0) is 60.4 Å². The molecule has 0 spiro atoms. The molecular weight excluding hydrogens is 502 g/mol. The summed E-state index contributed by atoms with van der Waals surface area (Å²) >= 11 is 0. The summed E-state index contributed by atoms with van der Waals surface area (Å²) in [7, 11) is -0.314. The highest BCUT2D eigenvalue weighted by Gasteiger charge is 2.73. The molecule has 3 unspecified atom stereocenters. The number of hydrogen-bond donors (Lipinski definition) is 2. The van der Waals surface area contributed by atoms with E-state index in [1.165, 1.54) is 17.6 Å². The van der Waals surface area contributed by atoms with Crippen LogP contribution in [-0.4, -0.2) is 71.5 Å². The summed E-state index contributed by atoms with van der Waals surface area (Å²) in [5.74, 6) is 3.19. The van der Waals surface area contributed by atoms with Crippen molar-refractivity contribution >= 4 is 27.6 Å². The van der Waals surface area contributed by atoms with Gasteiger partial charge in [-0.1, -0.05) is 37.3 Å². The molecule has 2 aliphatic carbocycles. The van der Waals surface area contributed by atoms with Gasteiger partial charge in [0, 0.05) is 39.2 Å². The van der Waals surface area contributed by atoms with Crippen LogP contribution in [0, 0.1) is 17.8 Å². The Morgan fingerprint density at radius 3 is 2.55 bits per heavy atom. The first-order chi connectivity index (χ1) is 18.2. The molecule has 9 nitrogen and oxygen atoms in total. The Labute approximate surface area is 226 Å². The van der Waals surface area contributed by atoms with Gasteiger partial charge in [-0.15, -0.1) is 0 Å². The fourth-order valence-corrected chi connectivity index (χ4v) is 6.46. The molecule has 2 aromatic rings. The van der Waals surface area contributed by atoms with Crippen LogP contribution >= 0.6 is 0 Å². The Balaban J connectivity index is 1.37. The van der Waals surface area contributed by atoms with E-state index in [1.54, 1.807) is 13.2 Å². The van der Waals surface area contributed by atoms with Crippen molar-refractivity contribution in [2.24, 2.45) is 17.8 Å². The Kier molecular flexibility index (Phi) is 7.66. The second-order valence-electron chi connectivity index (χ2n) is 10.9. The van der Waals surface area contributed by atoms with Gasteiger partial charge in [0.05, 0.1) is 18.9 Å². The van der Waals surface area contributed by atoms with Gasteiger partial charge in [-0.25, -0.2) is 13.4 Å². The van der Waals surface area contributed by atoms with Crippen molar-refractivity contribution in [2.75, 3.05) is 49.3 Å². The fraction of sp³-hybridized carbons (Fsp3) is 0.571. The number of methoxy groups -OCH3 is 1. The maximum absolute atomic E-state index is 13.4. The monoisotopic (exact) mass is 541 g/mol. The zero-order valence-electron chi connectivity index (χ0n) is 22.6. The van der Waals surface area contributed by atoms with Crippen molar-refractivity contribution in [1.82, 2.24) is 15.6 Å². The van der Waals surface area contributed by atoms with Crippen LogP contribution < -0.4 is 19.8 Å². The maximum Gasteiger partial charge on any atom is 0.238 e. The third kappa shape index (κ3) is 5.53. The molecule has 2 saturated carbocycles. The Morgan fingerprint density at radius 2 is 1.89 bits per heavy atom. The number of aromatic nitrogens is 1. The van der Waals surface area contributed by atoms with Crippen molar-refractivity contribution in [1.29, 1.82) is 0 Å². The molecule has 38 heavy (non-hydrogen) atoms. The predicted octanol–water partition coefficient (Wildman–Crippen LogP) is 2.35. The van der Waals surface area contributed by atoms with E-state index in [4.69, 9.17) is 9.72 Å². The molecule has 2 N–H and O–H groups in total. The van der Waals surface area contributed by atoms with Gasteiger partial charge in [-0.2, -0.15) is 0 Å². The van der Waals surface area contributed by atoms with E-state index in [0.717, 1.165) is 42.2 Å². The van der Waals surface area contributed by atoms with Crippen molar-refractivity contribution in [2.45, 2.75) is 44.3 Å². The van der Waals surface area contributed by atoms with Crippen LogP contribution in [0.2, 0.25) is 0 Å². The minimum Gasteiger partial charge on any atom is -0.383 e. The predicted molar refractivity (Wildman–Crippen MR) is 149 cm³/mol. The molecule has 1 aliphatic heterocycles. The summed E-state index contributed by atoms with van der Waals surface area (Å²) in [4.78, 5) is 20.4. The highest BCUT2D eigenvalue weighted by atomic mass is 32.2. The van der Waals surface area contributed by atoms with E-state index in [9.17, 15) is 13.2 Å². The largest absolute Gasteiger partial charge is 0.383 e. The summed E-state index contributed by atoms with van der Waals surface area (Å²) in [5, 5.41) is 6.52. The van der Waals surface area contributed by atoms with E-state index in [2.05, 4.69) is 34.6 Å². The first kappa shape index (κ1) is 26.9. The zero-order chi connectivity index (χ0) is 27.0. The van der Waals surface area contributed by atoms with E-state index < -0.39 is 10.0 Å². The van der Waals surface area contributed by atoms with Crippen LogP contribution in [-0.2, 0) is 26.1 Å². The summed E-state index contributed by atoms with van der Waals surface area (Å²) in [5.41, 5.74) is 1.97. The number of hydrogen-bond acceptors (Lipinski definition) is 7. The van der Waals surface area contributed by atoms with Crippen molar-refractivity contribution < 1.29 is 17.9 Å². The average Bonchev–Trinajstić information content (AvgIpc) is 3.83. The molecule has 10 heteroatoms. The van der Waals surface area contributed by atoms with Crippen LogP contribution in [0.1, 0.15) is 36.8 Å². The lowest BCUT2D eigenvalue weighted by Gasteiger charge is -2.32. The molecular formula is C28H39N5O4S. The highest BCUT2D eigenvalue weighted by Crippen LogP contribution is 2.70. The molecule has 2 heterocycles. The summed E-state index contributed by atoms with van der Waals surface area (Å²) < 4.78 is 31.3. The molecule has 1 aromatic heterocycles. The Hall–Kier alpha value is -2.69. The molecule has 0 radical (unpaired) electrons. The number of ether oxygens (including phenoxy) is 1. The number of pyridine rings is 1. The van der Waals surface area contributed by atoms with Gasteiger partial charge in [0.1, 0.15) is 11.6 Å². The number of piperidine rings is 1. The Bertz CT molecular complexity index is 1250. The number of sulfonamides is 1. The zero-order valence-corrected chi connectivity index (χ0v) is 23.4. The van der Waals surface area contributed by atoms with E-state index >= 15 is 0 Å². The van der Waals surface area contributed by atoms with Crippen LogP contribution in [0.3, 0.4) is 0 Å². The van der Waals surface area contributed by atoms with Crippen LogP contribution in [0.5, 0.6) is 0 Å². The smallest absolute Gasteiger partial charge is 0.238 e. The molecule has 1 amide bonds. The lowest BCUT2D eigenvalue weighted by Crippen LogP contribution is -2.50. The number of carbonyl (C=O) groups excluding carboxylic acids is 1. The number of carbonyl (C=O) groups is 1. The first-order valence-electron chi connectivity index (χ1n) is 13.5. The van der Waals surface area contributed by atoms with E-state index in [1.807, 2.05) is 24.3 Å². The Morgan fingerprint density at radius 1 is 1.18 bits per heavy atom. The second kappa shape index (κ2) is 10.8. The third-order valence-electron chi connectivity index (χ3n) is 8.47. The van der Waals surface area contributed by atoms with Crippen molar-refractivity contribution in [3.8, 4) is 0 Å². The molecule has 1 saturated heterocycles. The average molecular weight is 542 g/mol. The topological polar surface area (TPSA) is 104 Å². The lowest BCUT2D eigenvalue weighted by molar-refractivity contribution is -0.124. The number of nitrogens with zero attached hydrogens (tertiary/aromatic N) is 3. The molecule has 0 bridgehead atoms. The SMILES string of the molecule is COCCN(c1cc(CNC(=O)[C@@H]2NCCC[C@H]2c2ccccc2)cc(N(C)S(C)(=O)=O)n1)C1C2C(C)[C@@H]21. The first-order valence-corrected chi connectivity index (χ1v) is 15.3. The quantitative estimate of drug-likeness (QED) is 0.450. The van der Waals surface area contributed by atoms with Gasteiger partial charge >= 0.3 is 0 Å². The summed E-state index contributed by atoms with van der Waals surface area (Å²) in [6.45, 7) is 4.59. The van der Waals surface area contributed by atoms with Crippen molar-refractivity contribution in [3.63, 3.8) is 0 Å². The second-order valence-corrected chi connectivity index (χ2v) is 12.9. The molecule has 206 valence electrons. The molecule has 1 aromatic carbocycles. The lowest BCUT2D eigenvalue weighted by atomic mass is 9.84.